The van der Waals surface area contributed by atoms with Crippen molar-refractivity contribution in [2.45, 2.75) is 37.8 Å². The Kier molecular flexibility index (Phi) is 3.39. The van der Waals surface area contributed by atoms with Gasteiger partial charge in [-0.1, -0.05) is 0 Å². The standard InChI is InChI=1S/C15H18FN3/c16-12-7-11(10-17)8-13(9-12)19-6-2-4-15(19)14-3-1-5-18-14/h7-9,14-15,18H,1-6H2. The van der Waals surface area contributed by atoms with Crippen LogP contribution in [0, 0.1) is 17.1 Å². The van der Waals surface area contributed by atoms with E-state index in [9.17, 15) is 4.39 Å². The van der Waals surface area contributed by atoms with Crippen LogP contribution in [-0.4, -0.2) is 25.2 Å². The van der Waals surface area contributed by atoms with E-state index >= 15 is 0 Å². The lowest BCUT2D eigenvalue weighted by atomic mass is 10.0. The van der Waals surface area contributed by atoms with Crippen LogP contribution in [0.1, 0.15) is 31.2 Å². The maximum absolute atomic E-state index is 13.6. The molecule has 0 amide bonds. The molecule has 0 spiro atoms. The summed E-state index contributed by atoms with van der Waals surface area (Å²) < 4.78 is 13.6. The number of anilines is 1. The van der Waals surface area contributed by atoms with E-state index in [1.165, 1.54) is 18.9 Å². The van der Waals surface area contributed by atoms with Crippen molar-refractivity contribution in [2.75, 3.05) is 18.0 Å². The van der Waals surface area contributed by atoms with Gasteiger partial charge in [-0.15, -0.1) is 0 Å². The third kappa shape index (κ3) is 2.43. The molecule has 0 aliphatic carbocycles. The number of halogens is 1. The molecule has 2 saturated heterocycles. The predicted molar refractivity (Wildman–Crippen MR) is 72.5 cm³/mol. The van der Waals surface area contributed by atoms with Crippen molar-refractivity contribution in [1.29, 1.82) is 5.26 Å². The molecule has 2 unspecified atom stereocenters. The zero-order valence-corrected chi connectivity index (χ0v) is 10.9. The highest BCUT2D eigenvalue weighted by molar-refractivity contribution is 5.53. The van der Waals surface area contributed by atoms with Crippen LogP contribution in [0.3, 0.4) is 0 Å². The van der Waals surface area contributed by atoms with Crippen LogP contribution < -0.4 is 10.2 Å². The molecule has 0 aromatic heterocycles. The summed E-state index contributed by atoms with van der Waals surface area (Å²) in [5.74, 6) is -0.320. The molecule has 2 atom stereocenters. The van der Waals surface area contributed by atoms with Gasteiger partial charge in [0.2, 0.25) is 0 Å². The molecule has 2 fully saturated rings. The Morgan fingerprint density at radius 1 is 1.26 bits per heavy atom. The van der Waals surface area contributed by atoms with E-state index in [1.807, 2.05) is 6.07 Å². The van der Waals surface area contributed by atoms with E-state index in [4.69, 9.17) is 5.26 Å². The lowest BCUT2D eigenvalue weighted by molar-refractivity contribution is 0.482. The van der Waals surface area contributed by atoms with Crippen LogP contribution in [-0.2, 0) is 0 Å². The average molecular weight is 259 g/mol. The minimum Gasteiger partial charge on any atom is -0.367 e. The highest BCUT2D eigenvalue weighted by Gasteiger charge is 2.33. The molecule has 4 heteroatoms. The van der Waals surface area contributed by atoms with Gasteiger partial charge in [0.05, 0.1) is 11.6 Å². The zero-order chi connectivity index (χ0) is 13.2. The summed E-state index contributed by atoms with van der Waals surface area (Å²) in [6, 6.07) is 7.63. The van der Waals surface area contributed by atoms with E-state index in [0.29, 0.717) is 17.6 Å². The van der Waals surface area contributed by atoms with Crippen LogP contribution in [0.2, 0.25) is 0 Å². The van der Waals surface area contributed by atoms with Crippen LogP contribution in [0.5, 0.6) is 0 Å². The summed E-state index contributed by atoms with van der Waals surface area (Å²) >= 11 is 0. The molecule has 2 aliphatic heterocycles. The molecule has 1 N–H and O–H groups in total. The van der Waals surface area contributed by atoms with Crippen molar-refractivity contribution in [3.63, 3.8) is 0 Å². The largest absolute Gasteiger partial charge is 0.367 e. The fourth-order valence-corrected chi connectivity index (χ4v) is 3.38. The molecule has 3 nitrogen and oxygen atoms in total. The normalized spacial score (nSPS) is 26.6. The SMILES string of the molecule is N#Cc1cc(F)cc(N2CCCC2C2CCCN2)c1. The van der Waals surface area contributed by atoms with Crippen molar-refractivity contribution in [3.05, 3.63) is 29.6 Å². The molecule has 1 aromatic rings. The first kappa shape index (κ1) is 12.4. The quantitative estimate of drug-likeness (QED) is 0.886. The smallest absolute Gasteiger partial charge is 0.126 e. The maximum atomic E-state index is 13.6. The van der Waals surface area contributed by atoms with Gasteiger partial charge in [-0.25, -0.2) is 4.39 Å². The van der Waals surface area contributed by atoms with Gasteiger partial charge in [0.1, 0.15) is 5.82 Å². The summed E-state index contributed by atoms with van der Waals surface area (Å²) in [6.45, 7) is 2.04. The number of nitriles is 1. The number of hydrogen-bond donors (Lipinski definition) is 1. The van der Waals surface area contributed by atoms with Crippen LogP contribution in [0.25, 0.3) is 0 Å². The van der Waals surface area contributed by atoms with Crippen molar-refractivity contribution in [3.8, 4) is 6.07 Å². The molecular formula is C15H18FN3. The second-order valence-electron chi connectivity index (χ2n) is 5.42. The molecule has 0 saturated carbocycles. The fourth-order valence-electron chi connectivity index (χ4n) is 3.38. The van der Waals surface area contributed by atoms with Crippen LogP contribution in [0.4, 0.5) is 10.1 Å². The molecule has 0 bridgehead atoms. The van der Waals surface area contributed by atoms with Gasteiger partial charge in [-0.3, -0.25) is 0 Å². The van der Waals surface area contributed by atoms with Crippen molar-refractivity contribution in [2.24, 2.45) is 0 Å². The van der Waals surface area contributed by atoms with Gasteiger partial charge in [0.25, 0.3) is 0 Å². The third-order valence-corrected chi connectivity index (χ3v) is 4.21. The van der Waals surface area contributed by atoms with E-state index in [0.717, 1.165) is 31.6 Å². The monoisotopic (exact) mass is 259 g/mol. The molecule has 2 aliphatic rings. The lowest BCUT2D eigenvalue weighted by Gasteiger charge is -2.31. The van der Waals surface area contributed by atoms with Gasteiger partial charge in [-0.2, -0.15) is 5.26 Å². The van der Waals surface area contributed by atoms with E-state index in [1.54, 1.807) is 12.1 Å². The number of benzene rings is 1. The zero-order valence-electron chi connectivity index (χ0n) is 10.9. The minimum absolute atomic E-state index is 0.320. The van der Waals surface area contributed by atoms with Crippen LogP contribution >= 0.6 is 0 Å². The number of nitrogens with zero attached hydrogens (tertiary/aromatic N) is 2. The Morgan fingerprint density at radius 2 is 2.16 bits per heavy atom. The molecule has 100 valence electrons. The van der Waals surface area contributed by atoms with Crippen molar-refractivity contribution < 1.29 is 4.39 Å². The molecule has 0 radical (unpaired) electrons. The average Bonchev–Trinajstić information content (AvgIpc) is 3.08. The Morgan fingerprint density at radius 3 is 2.89 bits per heavy atom. The summed E-state index contributed by atoms with van der Waals surface area (Å²) in [6.07, 6.45) is 4.71. The second kappa shape index (κ2) is 5.18. The maximum Gasteiger partial charge on any atom is 0.126 e. The highest BCUT2D eigenvalue weighted by Crippen LogP contribution is 2.31. The number of rotatable bonds is 2. The Bertz CT molecular complexity index is 503. The first-order valence-corrected chi connectivity index (χ1v) is 6.98. The predicted octanol–water partition coefficient (Wildman–Crippen LogP) is 2.42. The van der Waals surface area contributed by atoms with Gasteiger partial charge in [-0.05, 0) is 50.4 Å². The van der Waals surface area contributed by atoms with Crippen molar-refractivity contribution in [1.82, 2.24) is 5.32 Å². The summed E-state index contributed by atoms with van der Waals surface area (Å²) in [5.41, 5.74) is 1.26. The first-order valence-electron chi connectivity index (χ1n) is 6.98. The van der Waals surface area contributed by atoms with E-state index in [2.05, 4.69) is 10.2 Å². The second-order valence-corrected chi connectivity index (χ2v) is 5.42. The topological polar surface area (TPSA) is 39.1 Å². The highest BCUT2D eigenvalue weighted by atomic mass is 19.1. The summed E-state index contributed by atoms with van der Waals surface area (Å²) in [5, 5.41) is 12.5. The molecule has 2 heterocycles. The van der Waals surface area contributed by atoms with Gasteiger partial charge >= 0.3 is 0 Å². The third-order valence-electron chi connectivity index (χ3n) is 4.21. The molecule has 19 heavy (non-hydrogen) atoms. The Hall–Kier alpha value is -1.60. The molecule has 1 aromatic carbocycles. The molecular weight excluding hydrogens is 241 g/mol. The number of nitrogens with one attached hydrogen (secondary N) is 1. The Balaban J connectivity index is 1.87. The van der Waals surface area contributed by atoms with E-state index in [-0.39, 0.29) is 5.82 Å². The van der Waals surface area contributed by atoms with E-state index < -0.39 is 0 Å². The fraction of sp³-hybridized carbons (Fsp3) is 0.533. The van der Waals surface area contributed by atoms with Crippen LogP contribution in [0.15, 0.2) is 18.2 Å². The first-order chi connectivity index (χ1) is 9.28. The Labute approximate surface area is 113 Å². The van der Waals surface area contributed by atoms with Gasteiger partial charge in [0, 0.05) is 24.3 Å². The van der Waals surface area contributed by atoms with Gasteiger partial charge < -0.3 is 10.2 Å². The molecule has 3 rings (SSSR count). The summed E-state index contributed by atoms with van der Waals surface area (Å²) in [4.78, 5) is 2.27. The lowest BCUT2D eigenvalue weighted by Crippen LogP contribution is -2.44. The van der Waals surface area contributed by atoms with Crippen molar-refractivity contribution >= 4 is 5.69 Å². The number of hydrogen-bond acceptors (Lipinski definition) is 3. The van der Waals surface area contributed by atoms with Gasteiger partial charge in [0.15, 0.2) is 0 Å². The minimum atomic E-state index is -0.320. The summed E-state index contributed by atoms with van der Waals surface area (Å²) in [7, 11) is 0.